The fraction of sp³-hybridized carbons (Fsp3) is 0.600. The van der Waals surface area contributed by atoms with E-state index in [4.69, 9.17) is 11.6 Å². The number of hydrogen-bond acceptors (Lipinski definition) is 3. The first kappa shape index (κ1) is 18.4. The lowest BCUT2D eigenvalue weighted by atomic mass is 10.2. The average Bonchev–Trinajstić information content (AvgIpc) is 2.36. The minimum absolute atomic E-state index is 0.0824. The Hall–Kier alpha value is -0.620. The van der Waals surface area contributed by atoms with Gasteiger partial charge in [-0.3, -0.25) is 0 Å². The highest BCUT2D eigenvalue weighted by atomic mass is 35.5. The van der Waals surface area contributed by atoms with Gasteiger partial charge in [-0.15, -0.1) is 0 Å². The number of hydrogen-bond donors (Lipinski definition) is 2. The van der Waals surface area contributed by atoms with Crippen LogP contribution in [0, 0.1) is 0 Å². The molecule has 0 aliphatic rings. The largest absolute Gasteiger partial charge is 0.310 e. The standard InChI is InChI=1S/C15H25ClN2O2S/c1-5-6-12(4)18-21(19,20)14-8-7-13(15(16)9-14)10-17-11(2)3/h7-9,11-12,17-18H,5-6,10H2,1-4H3. The maximum absolute atomic E-state index is 12.3. The number of halogens is 1. The zero-order valence-corrected chi connectivity index (χ0v) is 14.7. The van der Waals surface area contributed by atoms with E-state index in [1.807, 2.05) is 27.7 Å². The molecule has 0 aliphatic heterocycles. The minimum Gasteiger partial charge on any atom is -0.310 e. The third-order valence-corrected chi connectivity index (χ3v) is 5.05. The zero-order chi connectivity index (χ0) is 16.0. The van der Waals surface area contributed by atoms with Crippen molar-refractivity contribution in [2.75, 3.05) is 0 Å². The van der Waals surface area contributed by atoms with Gasteiger partial charge >= 0.3 is 0 Å². The Kier molecular flexibility index (Phi) is 7.13. The van der Waals surface area contributed by atoms with Crippen molar-refractivity contribution in [3.63, 3.8) is 0 Å². The van der Waals surface area contributed by atoms with E-state index in [2.05, 4.69) is 10.0 Å². The van der Waals surface area contributed by atoms with Gasteiger partial charge in [-0.2, -0.15) is 0 Å². The summed E-state index contributed by atoms with van der Waals surface area (Å²) in [5, 5.41) is 3.73. The van der Waals surface area contributed by atoms with Gasteiger partial charge in [0.25, 0.3) is 0 Å². The molecule has 2 N–H and O–H groups in total. The molecular formula is C15H25ClN2O2S. The van der Waals surface area contributed by atoms with E-state index in [-0.39, 0.29) is 10.9 Å². The summed E-state index contributed by atoms with van der Waals surface area (Å²) in [6.07, 6.45) is 1.74. The van der Waals surface area contributed by atoms with Crippen molar-refractivity contribution in [1.29, 1.82) is 0 Å². The van der Waals surface area contributed by atoms with E-state index in [1.54, 1.807) is 12.1 Å². The third kappa shape index (κ3) is 5.94. The molecule has 6 heteroatoms. The van der Waals surface area contributed by atoms with Crippen LogP contribution in [0.4, 0.5) is 0 Å². The Morgan fingerprint density at radius 3 is 2.43 bits per heavy atom. The van der Waals surface area contributed by atoms with Crippen molar-refractivity contribution < 1.29 is 8.42 Å². The molecule has 0 heterocycles. The Morgan fingerprint density at radius 1 is 1.24 bits per heavy atom. The average molecular weight is 333 g/mol. The number of nitrogens with one attached hydrogen (secondary N) is 2. The highest BCUT2D eigenvalue weighted by Crippen LogP contribution is 2.21. The van der Waals surface area contributed by atoms with Gasteiger partial charge in [0.15, 0.2) is 0 Å². The molecule has 1 aromatic rings. The molecule has 0 spiro atoms. The Bertz CT molecular complexity index is 559. The molecule has 120 valence electrons. The van der Waals surface area contributed by atoms with Gasteiger partial charge < -0.3 is 5.32 Å². The van der Waals surface area contributed by atoms with Gasteiger partial charge in [-0.25, -0.2) is 13.1 Å². The summed E-state index contributed by atoms with van der Waals surface area (Å²) in [4.78, 5) is 0.212. The third-order valence-electron chi connectivity index (χ3n) is 3.11. The number of sulfonamides is 1. The van der Waals surface area contributed by atoms with Gasteiger partial charge in [-0.1, -0.05) is 44.9 Å². The van der Waals surface area contributed by atoms with E-state index in [0.29, 0.717) is 17.6 Å². The molecule has 0 saturated carbocycles. The van der Waals surface area contributed by atoms with Crippen molar-refractivity contribution in [2.24, 2.45) is 0 Å². The van der Waals surface area contributed by atoms with E-state index >= 15 is 0 Å². The molecule has 0 aliphatic carbocycles. The molecule has 0 radical (unpaired) electrons. The normalized spacial score (nSPS) is 13.6. The smallest absolute Gasteiger partial charge is 0.240 e. The molecule has 21 heavy (non-hydrogen) atoms. The van der Waals surface area contributed by atoms with Crippen LogP contribution in [0.2, 0.25) is 5.02 Å². The predicted octanol–water partition coefficient (Wildman–Crippen LogP) is 3.30. The van der Waals surface area contributed by atoms with Gasteiger partial charge in [0.05, 0.1) is 4.90 Å². The van der Waals surface area contributed by atoms with Gasteiger partial charge in [-0.05, 0) is 31.0 Å². The van der Waals surface area contributed by atoms with Crippen molar-refractivity contribution >= 4 is 21.6 Å². The Balaban J connectivity index is 2.87. The van der Waals surface area contributed by atoms with E-state index < -0.39 is 10.0 Å². The SMILES string of the molecule is CCCC(C)NS(=O)(=O)c1ccc(CNC(C)C)c(Cl)c1. The Morgan fingerprint density at radius 2 is 1.90 bits per heavy atom. The van der Waals surface area contributed by atoms with Crippen LogP contribution in [0.15, 0.2) is 23.1 Å². The lowest BCUT2D eigenvalue weighted by molar-refractivity contribution is 0.543. The van der Waals surface area contributed by atoms with E-state index in [0.717, 1.165) is 18.4 Å². The summed E-state index contributed by atoms with van der Waals surface area (Å²) < 4.78 is 27.2. The number of benzene rings is 1. The summed E-state index contributed by atoms with van der Waals surface area (Å²) >= 11 is 6.18. The summed E-state index contributed by atoms with van der Waals surface area (Å²) in [5.74, 6) is 0. The van der Waals surface area contributed by atoms with E-state index in [9.17, 15) is 8.42 Å². The Labute approximate surface area is 133 Å². The quantitative estimate of drug-likeness (QED) is 0.768. The van der Waals surface area contributed by atoms with Crippen LogP contribution >= 0.6 is 11.6 Å². The second-order valence-electron chi connectivity index (χ2n) is 5.60. The van der Waals surface area contributed by atoms with E-state index in [1.165, 1.54) is 6.07 Å². The van der Waals surface area contributed by atoms with Crippen LogP contribution in [0.3, 0.4) is 0 Å². The fourth-order valence-electron chi connectivity index (χ4n) is 1.98. The molecule has 1 atom stereocenters. The monoisotopic (exact) mass is 332 g/mol. The molecule has 0 bridgehead atoms. The van der Waals surface area contributed by atoms with Gasteiger partial charge in [0, 0.05) is 23.7 Å². The molecule has 0 saturated heterocycles. The highest BCUT2D eigenvalue weighted by Gasteiger charge is 2.18. The molecule has 1 unspecified atom stereocenters. The van der Waals surface area contributed by atoms with Crippen LogP contribution in [-0.4, -0.2) is 20.5 Å². The lowest BCUT2D eigenvalue weighted by Crippen LogP contribution is -2.32. The topological polar surface area (TPSA) is 58.2 Å². The van der Waals surface area contributed by atoms with Crippen LogP contribution in [0.5, 0.6) is 0 Å². The van der Waals surface area contributed by atoms with Crippen LogP contribution in [0.1, 0.15) is 46.1 Å². The van der Waals surface area contributed by atoms with Crippen LogP contribution < -0.4 is 10.0 Å². The summed E-state index contributed by atoms with van der Waals surface area (Å²) in [5.41, 5.74) is 0.894. The van der Waals surface area contributed by atoms with Crippen molar-refractivity contribution in [3.8, 4) is 0 Å². The molecule has 1 rings (SSSR count). The van der Waals surface area contributed by atoms with Gasteiger partial charge in [0.2, 0.25) is 10.0 Å². The summed E-state index contributed by atoms with van der Waals surface area (Å²) in [6, 6.07) is 5.14. The van der Waals surface area contributed by atoms with Crippen LogP contribution in [-0.2, 0) is 16.6 Å². The molecule has 0 amide bonds. The van der Waals surface area contributed by atoms with Crippen molar-refractivity contribution in [1.82, 2.24) is 10.0 Å². The first-order valence-electron chi connectivity index (χ1n) is 7.30. The second-order valence-corrected chi connectivity index (χ2v) is 7.72. The first-order chi connectivity index (χ1) is 9.76. The molecule has 1 aromatic carbocycles. The second kappa shape index (κ2) is 8.13. The maximum Gasteiger partial charge on any atom is 0.240 e. The molecule has 4 nitrogen and oxygen atoms in total. The van der Waals surface area contributed by atoms with Crippen molar-refractivity contribution in [3.05, 3.63) is 28.8 Å². The number of rotatable bonds is 8. The molecular weight excluding hydrogens is 308 g/mol. The zero-order valence-electron chi connectivity index (χ0n) is 13.1. The summed E-state index contributed by atoms with van der Waals surface area (Å²) in [7, 11) is -3.51. The van der Waals surface area contributed by atoms with Crippen LogP contribution in [0.25, 0.3) is 0 Å². The molecule has 0 aromatic heterocycles. The van der Waals surface area contributed by atoms with Gasteiger partial charge in [0.1, 0.15) is 0 Å². The minimum atomic E-state index is -3.51. The maximum atomic E-state index is 12.3. The first-order valence-corrected chi connectivity index (χ1v) is 9.16. The highest BCUT2D eigenvalue weighted by molar-refractivity contribution is 7.89. The molecule has 0 fully saturated rings. The fourth-order valence-corrected chi connectivity index (χ4v) is 3.59. The lowest BCUT2D eigenvalue weighted by Gasteiger charge is -2.15. The van der Waals surface area contributed by atoms with Crippen molar-refractivity contribution in [2.45, 2.75) is 64.1 Å². The predicted molar refractivity (Wildman–Crippen MR) is 88.1 cm³/mol. The summed E-state index contributed by atoms with van der Waals surface area (Å²) in [6.45, 7) is 8.61.